The number of ether oxygens (including phenoxy) is 1. The SMILES string of the molecule is CCC(C)CN(CC(=O)N1CCc2sccc2C1COc1ccc(C(C)C)cc1)C(=O)Nc1cccc(Cl)c1. The Kier molecular flexibility index (Phi) is 9.92. The van der Waals surface area contributed by atoms with Crippen LogP contribution in [0.15, 0.2) is 60.0 Å². The molecule has 0 spiro atoms. The molecule has 6 nitrogen and oxygen atoms in total. The molecular weight excluding hydrogens is 530 g/mol. The number of hydrogen-bond acceptors (Lipinski definition) is 4. The predicted molar refractivity (Wildman–Crippen MR) is 160 cm³/mol. The summed E-state index contributed by atoms with van der Waals surface area (Å²) in [6.07, 6.45) is 1.71. The number of amides is 3. The second kappa shape index (κ2) is 13.4. The van der Waals surface area contributed by atoms with Crippen LogP contribution in [0, 0.1) is 5.92 Å². The monoisotopic (exact) mass is 567 g/mol. The van der Waals surface area contributed by atoms with Gasteiger partial charge in [0.15, 0.2) is 0 Å². The zero-order chi connectivity index (χ0) is 27.9. The molecule has 2 aromatic carbocycles. The van der Waals surface area contributed by atoms with E-state index in [0.29, 0.717) is 36.3 Å². The van der Waals surface area contributed by atoms with Crippen LogP contribution in [0.3, 0.4) is 0 Å². The normalized spacial score (nSPS) is 15.5. The van der Waals surface area contributed by atoms with E-state index in [9.17, 15) is 9.59 Å². The number of benzene rings is 2. The number of rotatable bonds is 10. The van der Waals surface area contributed by atoms with Gasteiger partial charge in [0.2, 0.25) is 5.91 Å². The van der Waals surface area contributed by atoms with Crippen LogP contribution in [0.1, 0.15) is 62.1 Å². The number of carbonyl (C=O) groups is 2. The molecule has 208 valence electrons. The number of halogens is 1. The Morgan fingerprint density at radius 1 is 1.15 bits per heavy atom. The highest BCUT2D eigenvalue weighted by molar-refractivity contribution is 7.10. The predicted octanol–water partition coefficient (Wildman–Crippen LogP) is 7.61. The van der Waals surface area contributed by atoms with E-state index < -0.39 is 0 Å². The second-order valence-electron chi connectivity index (χ2n) is 10.5. The van der Waals surface area contributed by atoms with Gasteiger partial charge in [-0.25, -0.2) is 4.79 Å². The van der Waals surface area contributed by atoms with Crippen molar-refractivity contribution in [1.29, 1.82) is 0 Å². The van der Waals surface area contributed by atoms with Crippen molar-refractivity contribution in [1.82, 2.24) is 9.80 Å². The van der Waals surface area contributed by atoms with Gasteiger partial charge < -0.3 is 19.9 Å². The molecule has 8 heteroatoms. The van der Waals surface area contributed by atoms with Crippen molar-refractivity contribution in [2.45, 2.75) is 52.5 Å². The summed E-state index contributed by atoms with van der Waals surface area (Å²) in [5.41, 5.74) is 2.99. The van der Waals surface area contributed by atoms with Crippen molar-refractivity contribution < 1.29 is 14.3 Å². The summed E-state index contributed by atoms with van der Waals surface area (Å²) in [6, 6.07) is 16.8. The molecule has 0 saturated heterocycles. The molecule has 3 amide bonds. The first-order chi connectivity index (χ1) is 18.7. The van der Waals surface area contributed by atoms with E-state index in [4.69, 9.17) is 16.3 Å². The summed E-state index contributed by atoms with van der Waals surface area (Å²) in [5.74, 6) is 1.41. The first-order valence-corrected chi connectivity index (χ1v) is 14.9. The Morgan fingerprint density at radius 2 is 1.92 bits per heavy atom. The minimum atomic E-state index is -0.308. The largest absolute Gasteiger partial charge is 0.491 e. The lowest BCUT2D eigenvalue weighted by atomic mass is 10.00. The maximum atomic E-state index is 13.8. The number of anilines is 1. The van der Waals surface area contributed by atoms with Gasteiger partial charge in [-0.15, -0.1) is 11.3 Å². The lowest BCUT2D eigenvalue weighted by Crippen LogP contribution is -2.49. The van der Waals surface area contributed by atoms with Crippen LogP contribution in [0.4, 0.5) is 10.5 Å². The van der Waals surface area contributed by atoms with Crippen LogP contribution in [-0.2, 0) is 11.2 Å². The van der Waals surface area contributed by atoms with Crippen LogP contribution in [0.25, 0.3) is 0 Å². The van der Waals surface area contributed by atoms with Crippen molar-refractivity contribution in [3.63, 3.8) is 0 Å². The third-order valence-corrected chi connectivity index (χ3v) is 8.52. The number of urea groups is 1. The van der Waals surface area contributed by atoms with Gasteiger partial charge in [0.25, 0.3) is 0 Å². The third-order valence-electron chi connectivity index (χ3n) is 7.29. The lowest BCUT2D eigenvalue weighted by molar-refractivity contribution is -0.135. The Morgan fingerprint density at radius 3 is 2.62 bits per heavy atom. The average Bonchev–Trinajstić information content (AvgIpc) is 3.40. The maximum absolute atomic E-state index is 13.8. The van der Waals surface area contributed by atoms with E-state index >= 15 is 0 Å². The highest BCUT2D eigenvalue weighted by Crippen LogP contribution is 2.34. The molecule has 4 rings (SSSR count). The summed E-state index contributed by atoms with van der Waals surface area (Å²) < 4.78 is 6.22. The second-order valence-corrected chi connectivity index (χ2v) is 12.0. The molecule has 3 aromatic rings. The summed E-state index contributed by atoms with van der Waals surface area (Å²) in [7, 11) is 0. The Labute approximate surface area is 240 Å². The average molecular weight is 568 g/mol. The minimum Gasteiger partial charge on any atom is -0.491 e. The first-order valence-electron chi connectivity index (χ1n) is 13.6. The lowest BCUT2D eigenvalue weighted by Gasteiger charge is -2.37. The number of nitrogens with zero attached hydrogens (tertiary/aromatic N) is 2. The number of nitrogens with one attached hydrogen (secondary N) is 1. The van der Waals surface area contributed by atoms with Gasteiger partial charge in [-0.3, -0.25) is 4.79 Å². The zero-order valence-corrected chi connectivity index (χ0v) is 24.7. The molecule has 0 aliphatic carbocycles. The summed E-state index contributed by atoms with van der Waals surface area (Å²) in [4.78, 5) is 31.9. The third kappa shape index (κ3) is 7.55. The molecule has 39 heavy (non-hydrogen) atoms. The fraction of sp³-hybridized carbons (Fsp3) is 0.419. The quantitative estimate of drug-likeness (QED) is 0.274. The molecular formula is C31H38ClN3O3S. The van der Waals surface area contributed by atoms with Gasteiger partial charge in [-0.05, 0) is 71.2 Å². The highest BCUT2D eigenvalue weighted by Gasteiger charge is 2.33. The molecule has 0 saturated carbocycles. The molecule has 0 fully saturated rings. The van der Waals surface area contributed by atoms with Crippen LogP contribution in [0.2, 0.25) is 5.02 Å². The van der Waals surface area contributed by atoms with Crippen LogP contribution >= 0.6 is 22.9 Å². The highest BCUT2D eigenvalue weighted by atomic mass is 35.5. The molecule has 1 N–H and O–H groups in total. The van der Waals surface area contributed by atoms with Crippen LogP contribution in [0.5, 0.6) is 5.75 Å². The number of carbonyl (C=O) groups excluding carboxylic acids is 2. The maximum Gasteiger partial charge on any atom is 0.322 e. The van der Waals surface area contributed by atoms with Crippen molar-refractivity contribution in [2.75, 3.05) is 31.6 Å². The van der Waals surface area contributed by atoms with Gasteiger partial charge in [0.05, 0.1) is 6.04 Å². The van der Waals surface area contributed by atoms with Gasteiger partial charge in [0, 0.05) is 28.7 Å². The standard InChI is InChI=1S/C31H38ClN3O3S/c1-5-22(4)18-34(31(37)33-25-8-6-7-24(32)17-25)19-30(36)35-15-13-29-27(14-16-39-29)28(35)20-38-26-11-9-23(10-12-26)21(2)3/h6-12,14,16-17,21-22,28H,5,13,15,18-20H2,1-4H3,(H,33,37). The number of fused-ring (bicyclic) bond motifs is 1. The molecule has 0 radical (unpaired) electrons. The molecule has 2 atom stereocenters. The number of hydrogen-bond donors (Lipinski definition) is 1. The fourth-order valence-electron chi connectivity index (χ4n) is 4.75. The van der Waals surface area contributed by atoms with E-state index in [-0.39, 0.29) is 30.4 Å². The molecule has 2 unspecified atom stereocenters. The summed E-state index contributed by atoms with van der Waals surface area (Å²) >= 11 is 7.83. The van der Waals surface area contributed by atoms with E-state index in [1.54, 1.807) is 40.5 Å². The minimum absolute atomic E-state index is 0.00417. The molecule has 0 bridgehead atoms. The Balaban J connectivity index is 1.49. The fourth-order valence-corrected chi connectivity index (χ4v) is 5.86. The van der Waals surface area contributed by atoms with Gasteiger partial charge in [-0.2, -0.15) is 0 Å². The van der Waals surface area contributed by atoms with Crippen molar-refractivity contribution in [3.05, 3.63) is 81.0 Å². The molecule has 1 aromatic heterocycles. The van der Waals surface area contributed by atoms with Crippen molar-refractivity contribution in [2.24, 2.45) is 5.92 Å². The van der Waals surface area contributed by atoms with E-state index in [0.717, 1.165) is 24.2 Å². The van der Waals surface area contributed by atoms with E-state index in [2.05, 4.69) is 56.6 Å². The van der Waals surface area contributed by atoms with Crippen molar-refractivity contribution in [3.8, 4) is 5.75 Å². The first kappa shape index (κ1) is 29.0. The van der Waals surface area contributed by atoms with Gasteiger partial charge >= 0.3 is 6.03 Å². The van der Waals surface area contributed by atoms with Crippen LogP contribution < -0.4 is 10.1 Å². The van der Waals surface area contributed by atoms with E-state index in [1.807, 2.05) is 17.0 Å². The number of thiophene rings is 1. The molecule has 1 aliphatic rings. The van der Waals surface area contributed by atoms with Gasteiger partial charge in [-0.1, -0.05) is 63.9 Å². The van der Waals surface area contributed by atoms with E-state index in [1.165, 1.54) is 10.4 Å². The molecule has 2 heterocycles. The zero-order valence-electron chi connectivity index (χ0n) is 23.2. The Hall–Kier alpha value is -3.03. The topological polar surface area (TPSA) is 61.9 Å². The summed E-state index contributed by atoms with van der Waals surface area (Å²) in [5, 5.41) is 5.53. The van der Waals surface area contributed by atoms with Crippen LogP contribution in [-0.4, -0.2) is 48.0 Å². The molecule has 1 aliphatic heterocycles. The Bertz CT molecular complexity index is 1260. The summed E-state index contributed by atoms with van der Waals surface area (Å²) in [6.45, 7) is 9.94. The van der Waals surface area contributed by atoms with Crippen molar-refractivity contribution >= 4 is 40.6 Å². The smallest absolute Gasteiger partial charge is 0.322 e. The van der Waals surface area contributed by atoms with Gasteiger partial charge in [0.1, 0.15) is 18.9 Å².